The molecule has 4 aromatic rings. The van der Waals surface area contributed by atoms with E-state index in [1.807, 2.05) is 0 Å². The van der Waals surface area contributed by atoms with Crippen molar-refractivity contribution in [2.24, 2.45) is 4.99 Å². The fraction of sp³-hybridized carbons (Fsp3) is 0.130. The van der Waals surface area contributed by atoms with E-state index < -0.39 is 17.3 Å². The lowest BCUT2D eigenvalue weighted by atomic mass is 10.2. The molecule has 0 saturated heterocycles. The van der Waals surface area contributed by atoms with Crippen LogP contribution in [-0.4, -0.2) is 23.1 Å². The molecule has 2 aromatic heterocycles. The standard InChI is InChI=1S/C23H16N2O5S/c1-3-11-25-17-10-9-14(22(28)29-4-2)12-19(17)31-23(25)24-21(27)16-13-30-18-8-6-5-7-15(18)20(16)26/h1,5-10,12-13H,4,11H2,2H3. The van der Waals surface area contributed by atoms with Gasteiger partial charge in [-0.05, 0) is 37.3 Å². The van der Waals surface area contributed by atoms with E-state index in [0.717, 1.165) is 6.26 Å². The number of fused-ring (bicyclic) bond motifs is 2. The normalized spacial score (nSPS) is 11.5. The van der Waals surface area contributed by atoms with Gasteiger partial charge in [0.15, 0.2) is 4.80 Å². The first-order valence-corrected chi connectivity index (χ1v) is 10.2. The molecule has 0 aliphatic heterocycles. The summed E-state index contributed by atoms with van der Waals surface area (Å²) in [6, 6.07) is 11.7. The third-order valence-corrected chi connectivity index (χ3v) is 5.59. The summed E-state index contributed by atoms with van der Waals surface area (Å²) in [7, 11) is 0. The second kappa shape index (κ2) is 8.42. The van der Waals surface area contributed by atoms with Gasteiger partial charge in [-0.1, -0.05) is 29.4 Å². The second-order valence-corrected chi connectivity index (χ2v) is 7.48. The average Bonchev–Trinajstić information content (AvgIpc) is 3.10. The van der Waals surface area contributed by atoms with Crippen LogP contribution in [0.1, 0.15) is 27.6 Å². The summed E-state index contributed by atoms with van der Waals surface area (Å²) in [6.07, 6.45) is 6.61. The molecule has 0 atom stereocenters. The summed E-state index contributed by atoms with van der Waals surface area (Å²) < 4.78 is 12.8. The van der Waals surface area contributed by atoms with Gasteiger partial charge in [0, 0.05) is 0 Å². The number of rotatable bonds is 4. The van der Waals surface area contributed by atoms with Gasteiger partial charge in [0.1, 0.15) is 17.4 Å². The molecule has 8 heteroatoms. The van der Waals surface area contributed by atoms with E-state index in [1.54, 1.807) is 54.0 Å². The Bertz CT molecular complexity index is 1500. The Morgan fingerprint density at radius 1 is 1.26 bits per heavy atom. The molecule has 2 heterocycles. The van der Waals surface area contributed by atoms with Crippen molar-refractivity contribution in [3.05, 3.63) is 74.9 Å². The molecule has 0 spiro atoms. The molecular weight excluding hydrogens is 416 g/mol. The zero-order chi connectivity index (χ0) is 22.0. The maximum absolute atomic E-state index is 12.8. The molecule has 4 rings (SSSR count). The number of benzene rings is 2. The number of carbonyl (C=O) groups excluding carboxylic acids is 2. The fourth-order valence-electron chi connectivity index (χ4n) is 3.12. The molecule has 1 amide bonds. The highest BCUT2D eigenvalue weighted by molar-refractivity contribution is 7.16. The highest BCUT2D eigenvalue weighted by Gasteiger charge is 2.16. The Hall–Kier alpha value is -3.96. The van der Waals surface area contributed by atoms with Crippen LogP contribution in [0, 0.1) is 12.3 Å². The third-order valence-electron chi connectivity index (χ3n) is 4.55. The molecule has 0 radical (unpaired) electrons. The first-order chi connectivity index (χ1) is 15.0. The van der Waals surface area contributed by atoms with Crippen LogP contribution in [0.5, 0.6) is 0 Å². The van der Waals surface area contributed by atoms with Crippen molar-refractivity contribution in [2.75, 3.05) is 6.61 Å². The molecule has 0 N–H and O–H groups in total. The lowest BCUT2D eigenvalue weighted by Crippen LogP contribution is -2.19. The van der Waals surface area contributed by atoms with Crippen molar-refractivity contribution < 1.29 is 18.7 Å². The van der Waals surface area contributed by atoms with Crippen molar-refractivity contribution in [3.63, 3.8) is 0 Å². The second-order valence-electron chi connectivity index (χ2n) is 6.47. The number of terminal acetylenes is 1. The van der Waals surface area contributed by atoms with E-state index in [0.29, 0.717) is 31.6 Å². The summed E-state index contributed by atoms with van der Waals surface area (Å²) in [5.74, 6) is 1.36. The molecule has 7 nitrogen and oxygen atoms in total. The van der Waals surface area contributed by atoms with Gasteiger partial charge in [0.2, 0.25) is 5.43 Å². The van der Waals surface area contributed by atoms with Crippen LogP contribution in [0.15, 0.2) is 62.9 Å². The minimum atomic E-state index is -0.734. The van der Waals surface area contributed by atoms with Crippen molar-refractivity contribution >= 4 is 44.4 Å². The van der Waals surface area contributed by atoms with Gasteiger partial charge in [-0.25, -0.2) is 4.79 Å². The van der Waals surface area contributed by atoms with Crippen LogP contribution in [0.3, 0.4) is 0 Å². The van der Waals surface area contributed by atoms with Crippen LogP contribution < -0.4 is 10.2 Å². The number of carbonyl (C=O) groups is 2. The van der Waals surface area contributed by atoms with E-state index in [4.69, 9.17) is 15.6 Å². The van der Waals surface area contributed by atoms with E-state index in [9.17, 15) is 14.4 Å². The molecule has 0 aliphatic carbocycles. The molecular formula is C23H16N2O5S. The molecule has 0 bridgehead atoms. The summed E-state index contributed by atoms with van der Waals surface area (Å²) >= 11 is 1.19. The Kier molecular flexibility index (Phi) is 5.52. The van der Waals surface area contributed by atoms with Gasteiger partial charge in [-0.2, -0.15) is 4.99 Å². The quantitative estimate of drug-likeness (QED) is 0.364. The smallest absolute Gasteiger partial charge is 0.338 e. The highest BCUT2D eigenvalue weighted by Crippen LogP contribution is 2.20. The highest BCUT2D eigenvalue weighted by atomic mass is 32.1. The number of esters is 1. The van der Waals surface area contributed by atoms with Gasteiger partial charge < -0.3 is 13.7 Å². The van der Waals surface area contributed by atoms with E-state index in [-0.39, 0.29) is 18.7 Å². The van der Waals surface area contributed by atoms with Crippen molar-refractivity contribution in [1.82, 2.24) is 4.57 Å². The van der Waals surface area contributed by atoms with E-state index >= 15 is 0 Å². The number of hydrogen-bond donors (Lipinski definition) is 0. The number of para-hydroxylation sites is 1. The molecule has 0 saturated carbocycles. The monoisotopic (exact) mass is 432 g/mol. The zero-order valence-electron chi connectivity index (χ0n) is 16.5. The van der Waals surface area contributed by atoms with E-state index in [1.165, 1.54) is 11.3 Å². The predicted octanol–water partition coefficient (Wildman–Crippen LogP) is 3.36. The van der Waals surface area contributed by atoms with Crippen LogP contribution >= 0.6 is 11.3 Å². The van der Waals surface area contributed by atoms with Crippen LogP contribution in [0.25, 0.3) is 21.2 Å². The number of aromatic nitrogens is 1. The third kappa shape index (κ3) is 3.79. The average molecular weight is 432 g/mol. The summed E-state index contributed by atoms with van der Waals surface area (Å²) in [5.41, 5.74) is 0.866. The van der Waals surface area contributed by atoms with Gasteiger partial charge in [0.05, 0.1) is 34.3 Å². The minimum absolute atomic E-state index is 0.164. The number of ether oxygens (including phenoxy) is 1. The number of thiazole rings is 1. The van der Waals surface area contributed by atoms with Crippen molar-refractivity contribution in [3.8, 4) is 12.3 Å². The van der Waals surface area contributed by atoms with Gasteiger partial charge in [-0.15, -0.1) is 6.42 Å². The Balaban J connectivity index is 1.84. The summed E-state index contributed by atoms with van der Waals surface area (Å²) in [4.78, 5) is 42.0. The number of nitrogens with zero attached hydrogens (tertiary/aromatic N) is 2. The van der Waals surface area contributed by atoms with Crippen LogP contribution in [-0.2, 0) is 11.3 Å². The predicted molar refractivity (Wildman–Crippen MR) is 117 cm³/mol. The molecule has 2 aromatic carbocycles. The Morgan fingerprint density at radius 2 is 2.06 bits per heavy atom. The van der Waals surface area contributed by atoms with Crippen molar-refractivity contribution in [1.29, 1.82) is 0 Å². The molecule has 0 unspecified atom stereocenters. The summed E-state index contributed by atoms with van der Waals surface area (Å²) in [5, 5.41) is 0.301. The van der Waals surface area contributed by atoms with Gasteiger partial charge >= 0.3 is 5.97 Å². The first-order valence-electron chi connectivity index (χ1n) is 9.37. The maximum atomic E-state index is 12.8. The van der Waals surface area contributed by atoms with Crippen LogP contribution in [0.4, 0.5) is 0 Å². The first kappa shape index (κ1) is 20.3. The number of amides is 1. The van der Waals surface area contributed by atoms with Gasteiger partial charge in [0.25, 0.3) is 5.91 Å². The fourth-order valence-corrected chi connectivity index (χ4v) is 4.18. The summed E-state index contributed by atoms with van der Waals surface area (Å²) in [6.45, 7) is 2.16. The lowest BCUT2D eigenvalue weighted by molar-refractivity contribution is 0.0526. The largest absolute Gasteiger partial charge is 0.463 e. The topological polar surface area (TPSA) is 90.9 Å². The lowest BCUT2D eigenvalue weighted by Gasteiger charge is -2.03. The minimum Gasteiger partial charge on any atom is -0.463 e. The zero-order valence-corrected chi connectivity index (χ0v) is 17.3. The van der Waals surface area contributed by atoms with Crippen LogP contribution in [0.2, 0.25) is 0 Å². The molecule has 31 heavy (non-hydrogen) atoms. The molecule has 0 aliphatic rings. The number of hydrogen-bond acceptors (Lipinski definition) is 6. The van der Waals surface area contributed by atoms with E-state index in [2.05, 4.69) is 10.9 Å². The molecule has 0 fully saturated rings. The maximum Gasteiger partial charge on any atom is 0.338 e. The Morgan fingerprint density at radius 3 is 2.84 bits per heavy atom. The Labute approximate surface area is 180 Å². The molecule has 154 valence electrons. The SMILES string of the molecule is C#CCn1c(=NC(=O)c2coc3ccccc3c2=O)sc2cc(C(=O)OCC)ccc21. The van der Waals surface area contributed by atoms with Crippen molar-refractivity contribution in [2.45, 2.75) is 13.5 Å². The van der Waals surface area contributed by atoms with Gasteiger partial charge in [-0.3, -0.25) is 9.59 Å².